The van der Waals surface area contributed by atoms with Crippen LogP contribution in [-0.4, -0.2) is 35.3 Å². The van der Waals surface area contributed by atoms with Gasteiger partial charge in [0, 0.05) is 12.1 Å². The van der Waals surface area contributed by atoms with E-state index in [1.54, 1.807) is 4.90 Å². The van der Waals surface area contributed by atoms with Crippen molar-refractivity contribution in [2.24, 2.45) is 11.8 Å². The van der Waals surface area contributed by atoms with Gasteiger partial charge in [0.1, 0.15) is 0 Å². The highest BCUT2D eigenvalue weighted by Crippen LogP contribution is 2.39. The molecule has 0 aromatic carbocycles. The number of piperidine rings is 1. The number of nitrogens with zero attached hydrogens (tertiary/aromatic N) is 1. The SMILES string of the molecule is CC1CC(N2C(=O)C3CCCCC3C2=O)CCN1. The zero-order chi connectivity index (χ0) is 12.7. The predicted molar refractivity (Wildman–Crippen MR) is 67.8 cm³/mol. The maximum atomic E-state index is 12.4. The summed E-state index contributed by atoms with van der Waals surface area (Å²) in [6.07, 6.45) is 5.89. The predicted octanol–water partition coefficient (Wildman–Crippen LogP) is 1.30. The Kier molecular flexibility index (Phi) is 3.14. The van der Waals surface area contributed by atoms with Gasteiger partial charge in [-0.25, -0.2) is 0 Å². The minimum Gasteiger partial charge on any atom is -0.314 e. The van der Waals surface area contributed by atoms with Crippen molar-refractivity contribution in [2.75, 3.05) is 6.54 Å². The molecule has 3 aliphatic rings. The van der Waals surface area contributed by atoms with E-state index < -0.39 is 0 Å². The van der Waals surface area contributed by atoms with Gasteiger partial charge in [-0.3, -0.25) is 14.5 Å². The highest BCUT2D eigenvalue weighted by Gasteiger charge is 2.50. The van der Waals surface area contributed by atoms with E-state index in [4.69, 9.17) is 0 Å². The average molecular weight is 250 g/mol. The number of hydrogen-bond acceptors (Lipinski definition) is 3. The maximum Gasteiger partial charge on any atom is 0.233 e. The Morgan fingerprint density at radius 3 is 2.22 bits per heavy atom. The lowest BCUT2D eigenvalue weighted by atomic mass is 9.81. The van der Waals surface area contributed by atoms with Gasteiger partial charge in [0.25, 0.3) is 0 Å². The van der Waals surface area contributed by atoms with Crippen LogP contribution in [0.25, 0.3) is 0 Å². The number of imide groups is 1. The largest absolute Gasteiger partial charge is 0.314 e. The molecule has 1 saturated carbocycles. The molecule has 18 heavy (non-hydrogen) atoms. The molecule has 4 unspecified atom stereocenters. The Hall–Kier alpha value is -0.900. The molecule has 4 heteroatoms. The molecule has 0 radical (unpaired) electrons. The Balaban J connectivity index is 1.79. The van der Waals surface area contributed by atoms with E-state index in [0.717, 1.165) is 45.1 Å². The summed E-state index contributed by atoms with van der Waals surface area (Å²) in [5, 5.41) is 3.38. The van der Waals surface area contributed by atoms with Crippen LogP contribution in [0.3, 0.4) is 0 Å². The first-order valence-electron chi connectivity index (χ1n) is 7.29. The first kappa shape index (κ1) is 12.2. The van der Waals surface area contributed by atoms with Crippen molar-refractivity contribution >= 4 is 11.8 Å². The number of fused-ring (bicyclic) bond motifs is 1. The minimum atomic E-state index is 0.0106. The fourth-order valence-corrected chi connectivity index (χ4v) is 3.89. The van der Waals surface area contributed by atoms with Crippen molar-refractivity contribution in [3.05, 3.63) is 0 Å². The number of rotatable bonds is 1. The van der Waals surface area contributed by atoms with Gasteiger partial charge in [-0.2, -0.15) is 0 Å². The first-order valence-corrected chi connectivity index (χ1v) is 7.29. The lowest BCUT2D eigenvalue weighted by Gasteiger charge is -2.33. The molecular formula is C14H22N2O2. The Labute approximate surface area is 108 Å². The van der Waals surface area contributed by atoms with Crippen LogP contribution in [-0.2, 0) is 9.59 Å². The summed E-state index contributed by atoms with van der Waals surface area (Å²) in [6, 6.07) is 0.554. The van der Waals surface area contributed by atoms with E-state index in [-0.39, 0.29) is 29.7 Å². The van der Waals surface area contributed by atoms with Crippen LogP contribution in [0.5, 0.6) is 0 Å². The molecule has 2 saturated heterocycles. The third-order valence-corrected chi connectivity index (χ3v) is 4.84. The Morgan fingerprint density at radius 2 is 1.67 bits per heavy atom. The van der Waals surface area contributed by atoms with Crippen molar-refractivity contribution in [1.29, 1.82) is 0 Å². The molecule has 2 amide bonds. The number of nitrogens with one attached hydrogen (secondary N) is 1. The second kappa shape index (κ2) is 4.65. The second-order valence-corrected chi connectivity index (χ2v) is 6.08. The van der Waals surface area contributed by atoms with E-state index in [9.17, 15) is 9.59 Å². The van der Waals surface area contributed by atoms with Crippen LogP contribution < -0.4 is 5.32 Å². The van der Waals surface area contributed by atoms with E-state index in [2.05, 4.69) is 12.2 Å². The van der Waals surface area contributed by atoms with Gasteiger partial charge in [0.2, 0.25) is 11.8 Å². The normalized spacial score (nSPS) is 41.1. The average Bonchev–Trinajstić information content (AvgIpc) is 2.63. The molecule has 3 rings (SSSR count). The number of likely N-dealkylation sites (tertiary alicyclic amines) is 1. The molecule has 2 aliphatic heterocycles. The van der Waals surface area contributed by atoms with Gasteiger partial charge < -0.3 is 5.32 Å². The lowest BCUT2D eigenvalue weighted by molar-refractivity contribution is -0.143. The van der Waals surface area contributed by atoms with Crippen LogP contribution in [0.4, 0.5) is 0 Å². The van der Waals surface area contributed by atoms with Crippen LogP contribution in [0.1, 0.15) is 45.4 Å². The van der Waals surface area contributed by atoms with Crippen molar-refractivity contribution in [1.82, 2.24) is 10.2 Å². The van der Waals surface area contributed by atoms with Crippen molar-refractivity contribution in [3.63, 3.8) is 0 Å². The van der Waals surface area contributed by atoms with Gasteiger partial charge >= 0.3 is 0 Å². The van der Waals surface area contributed by atoms with Crippen LogP contribution >= 0.6 is 0 Å². The van der Waals surface area contributed by atoms with Crippen molar-refractivity contribution in [2.45, 2.75) is 57.5 Å². The van der Waals surface area contributed by atoms with E-state index in [1.165, 1.54) is 0 Å². The molecular weight excluding hydrogens is 228 g/mol. The van der Waals surface area contributed by atoms with Gasteiger partial charge in [-0.05, 0) is 39.2 Å². The molecule has 100 valence electrons. The van der Waals surface area contributed by atoms with Crippen molar-refractivity contribution in [3.8, 4) is 0 Å². The molecule has 4 nitrogen and oxygen atoms in total. The molecule has 1 N–H and O–H groups in total. The van der Waals surface area contributed by atoms with Gasteiger partial charge in [0.05, 0.1) is 11.8 Å². The van der Waals surface area contributed by atoms with E-state index >= 15 is 0 Å². The zero-order valence-electron chi connectivity index (χ0n) is 11.0. The summed E-state index contributed by atoms with van der Waals surface area (Å²) in [7, 11) is 0. The summed E-state index contributed by atoms with van der Waals surface area (Å²) in [6.45, 7) is 3.04. The van der Waals surface area contributed by atoms with Crippen LogP contribution in [0.2, 0.25) is 0 Å². The maximum absolute atomic E-state index is 12.4. The third kappa shape index (κ3) is 1.87. The third-order valence-electron chi connectivity index (χ3n) is 4.84. The Bertz CT molecular complexity index is 345. The number of hydrogen-bond donors (Lipinski definition) is 1. The highest BCUT2D eigenvalue weighted by atomic mass is 16.2. The van der Waals surface area contributed by atoms with Crippen LogP contribution in [0.15, 0.2) is 0 Å². The number of amides is 2. The fraction of sp³-hybridized carbons (Fsp3) is 0.857. The van der Waals surface area contributed by atoms with E-state index in [0.29, 0.717) is 6.04 Å². The van der Waals surface area contributed by atoms with E-state index in [1.807, 2.05) is 0 Å². The summed E-state index contributed by atoms with van der Waals surface area (Å²) < 4.78 is 0. The smallest absolute Gasteiger partial charge is 0.233 e. The number of carbonyl (C=O) groups excluding carboxylic acids is 2. The summed E-state index contributed by atoms with van der Waals surface area (Å²) in [4.78, 5) is 26.5. The summed E-state index contributed by atoms with van der Waals surface area (Å²) in [5.41, 5.74) is 0. The van der Waals surface area contributed by atoms with Crippen molar-refractivity contribution < 1.29 is 9.59 Å². The number of carbonyl (C=O) groups is 2. The zero-order valence-corrected chi connectivity index (χ0v) is 11.0. The monoisotopic (exact) mass is 250 g/mol. The molecule has 1 aliphatic carbocycles. The quantitative estimate of drug-likeness (QED) is 0.714. The van der Waals surface area contributed by atoms with Crippen LogP contribution in [0, 0.1) is 11.8 Å². The standard InChI is InChI=1S/C14H22N2O2/c1-9-8-10(6-7-15-9)16-13(17)11-4-2-3-5-12(11)14(16)18/h9-12,15H,2-8H2,1H3. The summed E-state index contributed by atoms with van der Waals surface area (Å²) in [5.74, 6) is 0.278. The molecule has 0 bridgehead atoms. The highest BCUT2D eigenvalue weighted by molar-refractivity contribution is 6.05. The molecule has 4 atom stereocenters. The minimum absolute atomic E-state index is 0.0106. The molecule has 0 aromatic rings. The summed E-state index contributed by atoms with van der Waals surface area (Å²) >= 11 is 0. The fourth-order valence-electron chi connectivity index (χ4n) is 3.89. The molecule has 2 heterocycles. The van der Waals surface area contributed by atoms with Gasteiger partial charge in [-0.15, -0.1) is 0 Å². The second-order valence-electron chi connectivity index (χ2n) is 6.08. The molecule has 0 aromatic heterocycles. The molecule has 3 fully saturated rings. The Morgan fingerprint density at radius 1 is 1.06 bits per heavy atom. The van der Waals surface area contributed by atoms with Gasteiger partial charge in [0.15, 0.2) is 0 Å². The van der Waals surface area contributed by atoms with Gasteiger partial charge in [-0.1, -0.05) is 12.8 Å². The topological polar surface area (TPSA) is 49.4 Å². The molecule has 0 spiro atoms. The lowest BCUT2D eigenvalue weighted by Crippen LogP contribution is -2.49. The first-order chi connectivity index (χ1) is 8.68.